The molecule has 0 unspecified atom stereocenters. The largest absolute Gasteiger partial charge is 0.490 e. The van der Waals surface area contributed by atoms with Gasteiger partial charge in [-0.2, -0.15) is 0 Å². The topological polar surface area (TPSA) is 55.6 Å². The molecule has 1 aliphatic heterocycles. The number of carbonyl (C=O) groups is 1. The van der Waals surface area contributed by atoms with Gasteiger partial charge in [0, 0.05) is 6.42 Å². The summed E-state index contributed by atoms with van der Waals surface area (Å²) >= 11 is 0. The molecule has 4 heteroatoms. The van der Waals surface area contributed by atoms with Crippen LogP contribution in [0.2, 0.25) is 0 Å². The lowest BCUT2D eigenvalue weighted by molar-refractivity contribution is -0.118. The molecule has 0 saturated carbocycles. The second-order valence-corrected chi connectivity index (χ2v) is 4.09. The summed E-state index contributed by atoms with van der Waals surface area (Å²) in [6.45, 7) is 3.68. The van der Waals surface area contributed by atoms with Crippen LogP contribution in [0.15, 0.2) is 18.2 Å². The Morgan fingerprint density at radius 1 is 1.53 bits per heavy atom. The van der Waals surface area contributed by atoms with Crippen LogP contribution in [-0.4, -0.2) is 25.6 Å². The molecule has 0 aromatic heterocycles. The smallest absolute Gasteiger partial charge is 0.226 e. The third-order valence-corrected chi connectivity index (χ3v) is 2.92. The number of nitrogens with zero attached hydrogens (tertiary/aromatic N) is 1. The number of carbonyl (C=O) groups excluding carboxylic acids is 1. The second kappa shape index (κ2) is 5.19. The standard InChI is InChI=1S/C13H18N2O2/c1-2-13(16)15-7-8-17-12-4-3-10(5-6-14)9-11(12)15/h3-4,9H,2,5-8,14H2,1H3. The summed E-state index contributed by atoms with van der Waals surface area (Å²) in [5.74, 6) is 0.929. The zero-order chi connectivity index (χ0) is 12.3. The van der Waals surface area contributed by atoms with E-state index in [1.807, 2.05) is 25.1 Å². The molecule has 4 nitrogen and oxygen atoms in total. The van der Waals surface area contributed by atoms with Gasteiger partial charge in [0.05, 0.1) is 12.2 Å². The van der Waals surface area contributed by atoms with Crippen LogP contribution in [-0.2, 0) is 11.2 Å². The summed E-state index contributed by atoms with van der Waals surface area (Å²) < 4.78 is 5.56. The van der Waals surface area contributed by atoms with Crippen LogP contribution in [0.4, 0.5) is 5.69 Å². The van der Waals surface area contributed by atoms with Crippen molar-refractivity contribution in [2.24, 2.45) is 5.73 Å². The maximum atomic E-state index is 11.8. The molecule has 17 heavy (non-hydrogen) atoms. The fourth-order valence-electron chi connectivity index (χ4n) is 2.04. The molecule has 1 aromatic carbocycles. The highest BCUT2D eigenvalue weighted by Crippen LogP contribution is 2.32. The average molecular weight is 234 g/mol. The summed E-state index contributed by atoms with van der Waals surface area (Å²) in [7, 11) is 0. The van der Waals surface area contributed by atoms with Crippen molar-refractivity contribution in [2.45, 2.75) is 19.8 Å². The van der Waals surface area contributed by atoms with Gasteiger partial charge in [-0.25, -0.2) is 0 Å². The van der Waals surface area contributed by atoms with E-state index < -0.39 is 0 Å². The summed E-state index contributed by atoms with van der Waals surface area (Å²) in [4.78, 5) is 13.6. The summed E-state index contributed by atoms with van der Waals surface area (Å²) in [5, 5.41) is 0. The Morgan fingerprint density at radius 3 is 3.06 bits per heavy atom. The number of hydrogen-bond donors (Lipinski definition) is 1. The van der Waals surface area contributed by atoms with E-state index in [-0.39, 0.29) is 5.91 Å². The molecule has 0 spiro atoms. The van der Waals surface area contributed by atoms with E-state index in [1.165, 1.54) is 0 Å². The van der Waals surface area contributed by atoms with Gasteiger partial charge in [0.25, 0.3) is 0 Å². The van der Waals surface area contributed by atoms with Crippen LogP contribution in [0, 0.1) is 0 Å². The van der Waals surface area contributed by atoms with E-state index in [0.717, 1.165) is 23.4 Å². The Kier molecular flexibility index (Phi) is 3.64. The minimum Gasteiger partial charge on any atom is -0.490 e. The number of amides is 1. The van der Waals surface area contributed by atoms with E-state index in [4.69, 9.17) is 10.5 Å². The van der Waals surface area contributed by atoms with Gasteiger partial charge in [0.2, 0.25) is 5.91 Å². The summed E-state index contributed by atoms with van der Waals surface area (Å²) in [5.41, 5.74) is 7.57. The molecule has 1 aliphatic rings. The molecular formula is C13H18N2O2. The zero-order valence-corrected chi connectivity index (χ0v) is 10.1. The number of nitrogens with two attached hydrogens (primary N) is 1. The Hall–Kier alpha value is -1.55. The van der Waals surface area contributed by atoms with E-state index in [2.05, 4.69) is 0 Å². The van der Waals surface area contributed by atoms with Crippen LogP contribution >= 0.6 is 0 Å². The average Bonchev–Trinajstić information content (AvgIpc) is 2.37. The Morgan fingerprint density at radius 2 is 2.35 bits per heavy atom. The predicted octanol–water partition coefficient (Wildman–Crippen LogP) is 1.32. The number of ether oxygens (including phenoxy) is 1. The zero-order valence-electron chi connectivity index (χ0n) is 10.1. The predicted molar refractivity (Wildman–Crippen MR) is 67.3 cm³/mol. The highest BCUT2D eigenvalue weighted by molar-refractivity contribution is 5.95. The van der Waals surface area contributed by atoms with Gasteiger partial charge >= 0.3 is 0 Å². The SMILES string of the molecule is CCC(=O)N1CCOc2ccc(CCN)cc21. The van der Waals surface area contributed by atoms with Crippen molar-refractivity contribution in [3.05, 3.63) is 23.8 Å². The molecule has 0 radical (unpaired) electrons. The van der Waals surface area contributed by atoms with Crippen molar-refractivity contribution in [3.63, 3.8) is 0 Å². The van der Waals surface area contributed by atoms with Crippen molar-refractivity contribution in [1.29, 1.82) is 0 Å². The lowest BCUT2D eigenvalue weighted by atomic mass is 10.1. The Bertz CT molecular complexity index is 418. The summed E-state index contributed by atoms with van der Waals surface area (Å²) in [6, 6.07) is 5.94. The molecule has 1 heterocycles. The fourth-order valence-corrected chi connectivity index (χ4v) is 2.04. The van der Waals surface area contributed by atoms with Crippen molar-refractivity contribution in [2.75, 3.05) is 24.6 Å². The molecule has 0 atom stereocenters. The molecule has 0 bridgehead atoms. The molecule has 0 aliphatic carbocycles. The maximum Gasteiger partial charge on any atom is 0.226 e. The molecule has 0 saturated heterocycles. The lowest BCUT2D eigenvalue weighted by Gasteiger charge is -2.29. The van der Waals surface area contributed by atoms with Gasteiger partial charge in [-0.15, -0.1) is 0 Å². The Labute approximate surface area is 101 Å². The van der Waals surface area contributed by atoms with E-state index >= 15 is 0 Å². The number of benzene rings is 1. The molecule has 2 rings (SSSR count). The molecule has 1 amide bonds. The number of rotatable bonds is 3. The van der Waals surface area contributed by atoms with Crippen molar-refractivity contribution in [3.8, 4) is 5.75 Å². The lowest BCUT2D eigenvalue weighted by Crippen LogP contribution is -2.37. The highest BCUT2D eigenvalue weighted by atomic mass is 16.5. The first kappa shape index (κ1) is 11.9. The monoisotopic (exact) mass is 234 g/mol. The quantitative estimate of drug-likeness (QED) is 0.858. The minimum atomic E-state index is 0.138. The first-order chi connectivity index (χ1) is 8.26. The second-order valence-electron chi connectivity index (χ2n) is 4.09. The van der Waals surface area contributed by atoms with Gasteiger partial charge < -0.3 is 15.4 Å². The minimum absolute atomic E-state index is 0.138. The van der Waals surface area contributed by atoms with Gasteiger partial charge in [0.15, 0.2) is 0 Å². The van der Waals surface area contributed by atoms with Crippen molar-refractivity contribution in [1.82, 2.24) is 0 Å². The van der Waals surface area contributed by atoms with Gasteiger partial charge in [-0.3, -0.25) is 4.79 Å². The fraction of sp³-hybridized carbons (Fsp3) is 0.462. The van der Waals surface area contributed by atoms with E-state index in [1.54, 1.807) is 4.90 Å². The maximum absolute atomic E-state index is 11.8. The molecule has 2 N–H and O–H groups in total. The third-order valence-electron chi connectivity index (χ3n) is 2.92. The number of fused-ring (bicyclic) bond motifs is 1. The Balaban J connectivity index is 2.33. The van der Waals surface area contributed by atoms with Gasteiger partial charge in [0.1, 0.15) is 12.4 Å². The van der Waals surface area contributed by atoms with Crippen LogP contribution < -0.4 is 15.4 Å². The van der Waals surface area contributed by atoms with Gasteiger partial charge in [-0.1, -0.05) is 13.0 Å². The van der Waals surface area contributed by atoms with Crippen LogP contribution in [0.3, 0.4) is 0 Å². The highest BCUT2D eigenvalue weighted by Gasteiger charge is 2.22. The van der Waals surface area contributed by atoms with E-state index in [9.17, 15) is 4.79 Å². The van der Waals surface area contributed by atoms with Crippen LogP contribution in [0.1, 0.15) is 18.9 Å². The van der Waals surface area contributed by atoms with Gasteiger partial charge in [-0.05, 0) is 30.7 Å². The van der Waals surface area contributed by atoms with Crippen LogP contribution in [0.25, 0.3) is 0 Å². The first-order valence-corrected chi connectivity index (χ1v) is 6.02. The molecule has 1 aromatic rings. The first-order valence-electron chi connectivity index (χ1n) is 6.02. The number of hydrogen-bond acceptors (Lipinski definition) is 3. The third kappa shape index (κ3) is 2.42. The molecule has 0 fully saturated rings. The van der Waals surface area contributed by atoms with E-state index in [0.29, 0.717) is 26.1 Å². The molecular weight excluding hydrogens is 216 g/mol. The number of anilines is 1. The van der Waals surface area contributed by atoms with Crippen molar-refractivity contribution >= 4 is 11.6 Å². The summed E-state index contributed by atoms with van der Waals surface area (Å²) in [6.07, 6.45) is 1.34. The van der Waals surface area contributed by atoms with Crippen molar-refractivity contribution < 1.29 is 9.53 Å². The molecule has 92 valence electrons. The normalized spacial score (nSPS) is 14.1. The van der Waals surface area contributed by atoms with Crippen LogP contribution in [0.5, 0.6) is 5.75 Å².